The van der Waals surface area contributed by atoms with Crippen molar-refractivity contribution in [2.24, 2.45) is 0 Å². The molecule has 2 rings (SSSR count). The van der Waals surface area contributed by atoms with Crippen LogP contribution < -0.4 is 10.6 Å². The number of aliphatic carboxylic acids is 1. The maximum atomic E-state index is 11.7. The van der Waals surface area contributed by atoms with Crippen LogP contribution in [0.5, 0.6) is 0 Å². The van der Waals surface area contributed by atoms with Crippen LogP contribution >= 0.6 is 0 Å². The number of carbonyl (C=O) groups excluding carboxylic acids is 2. The van der Waals surface area contributed by atoms with Crippen molar-refractivity contribution in [1.82, 2.24) is 0 Å². The Morgan fingerprint density at radius 2 is 2.11 bits per heavy atom. The summed E-state index contributed by atoms with van der Waals surface area (Å²) in [4.78, 5) is 33.4. The predicted molar refractivity (Wildman–Crippen MR) is 65.5 cm³/mol. The molecule has 0 aliphatic carbocycles. The van der Waals surface area contributed by atoms with Gasteiger partial charge in [-0.1, -0.05) is 0 Å². The lowest BCUT2D eigenvalue weighted by atomic mass is 9.91. The zero-order valence-corrected chi connectivity index (χ0v) is 10.1. The van der Waals surface area contributed by atoms with Gasteiger partial charge in [0.25, 0.3) is 5.91 Å². The number of carboxylic acid groups (broad SMARTS) is 1. The van der Waals surface area contributed by atoms with E-state index in [2.05, 4.69) is 10.6 Å². The minimum atomic E-state index is -2.12. The highest BCUT2D eigenvalue weighted by Gasteiger charge is 2.47. The van der Waals surface area contributed by atoms with Gasteiger partial charge in [-0.3, -0.25) is 14.4 Å². The molecule has 0 fully saturated rings. The Balaban J connectivity index is 2.45. The van der Waals surface area contributed by atoms with Crippen molar-refractivity contribution < 1.29 is 24.6 Å². The molecule has 7 heteroatoms. The van der Waals surface area contributed by atoms with Gasteiger partial charge in [0.2, 0.25) is 5.91 Å². The van der Waals surface area contributed by atoms with Crippen molar-refractivity contribution in [3.63, 3.8) is 0 Å². The first kappa shape index (κ1) is 13.0. The molecule has 4 N–H and O–H groups in total. The Bertz CT molecular complexity index is 583. The number of hydrogen-bond acceptors (Lipinski definition) is 4. The lowest BCUT2D eigenvalue weighted by molar-refractivity contribution is -0.149. The fourth-order valence-electron chi connectivity index (χ4n) is 2.02. The van der Waals surface area contributed by atoms with Crippen LogP contribution in [0.15, 0.2) is 18.2 Å². The van der Waals surface area contributed by atoms with E-state index in [1.165, 1.54) is 19.1 Å². The Morgan fingerprint density at radius 3 is 2.68 bits per heavy atom. The molecule has 1 heterocycles. The van der Waals surface area contributed by atoms with E-state index in [1.807, 2.05) is 0 Å². The number of amides is 2. The van der Waals surface area contributed by atoms with Crippen molar-refractivity contribution in [3.05, 3.63) is 23.8 Å². The highest BCUT2D eigenvalue weighted by Crippen LogP contribution is 2.39. The number of carboxylic acids is 1. The molecule has 1 unspecified atom stereocenters. The average Bonchev–Trinajstić information content (AvgIpc) is 2.50. The van der Waals surface area contributed by atoms with Gasteiger partial charge in [-0.2, -0.15) is 0 Å². The van der Waals surface area contributed by atoms with Crippen LogP contribution in [0.1, 0.15) is 18.9 Å². The summed E-state index contributed by atoms with van der Waals surface area (Å²) >= 11 is 0. The number of hydrogen-bond donors (Lipinski definition) is 4. The van der Waals surface area contributed by atoms with Gasteiger partial charge < -0.3 is 20.8 Å². The lowest BCUT2D eigenvalue weighted by Gasteiger charge is -2.18. The van der Waals surface area contributed by atoms with Gasteiger partial charge in [-0.15, -0.1) is 0 Å². The second-order valence-corrected chi connectivity index (χ2v) is 4.33. The first-order valence-electron chi connectivity index (χ1n) is 5.50. The number of aliphatic hydroxyl groups is 1. The molecule has 2 amide bonds. The molecule has 19 heavy (non-hydrogen) atoms. The second-order valence-electron chi connectivity index (χ2n) is 4.33. The normalized spacial score (nSPS) is 20.6. The number of rotatable bonds is 3. The highest BCUT2D eigenvalue weighted by molar-refractivity contribution is 6.07. The Hall–Kier alpha value is -2.41. The molecule has 0 saturated heterocycles. The van der Waals surface area contributed by atoms with Gasteiger partial charge in [0.15, 0.2) is 5.60 Å². The quantitative estimate of drug-likeness (QED) is 0.625. The SMILES string of the molecule is CC(=O)Nc1ccc2c(c1)C(O)(CC(=O)O)C(=O)N2. The molecule has 0 spiro atoms. The van der Waals surface area contributed by atoms with E-state index in [-0.39, 0.29) is 11.5 Å². The molecule has 0 bridgehead atoms. The van der Waals surface area contributed by atoms with Crippen molar-refractivity contribution in [2.45, 2.75) is 18.9 Å². The average molecular weight is 264 g/mol. The number of nitrogens with one attached hydrogen (secondary N) is 2. The Kier molecular flexibility index (Phi) is 2.99. The molecule has 0 saturated carbocycles. The zero-order chi connectivity index (χ0) is 14.2. The zero-order valence-electron chi connectivity index (χ0n) is 10.1. The third-order valence-corrected chi connectivity index (χ3v) is 2.82. The van der Waals surface area contributed by atoms with Gasteiger partial charge >= 0.3 is 5.97 Å². The van der Waals surface area contributed by atoms with E-state index >= 15 is 0 Å². The summed E-state index contributed by atoms with van der Waals surface area (Å²) in [5, 5.41) is 23.9. The summed E-state index contributed by atoms with van der Waals surface area (Å²) in [6.45, 7) is 1.32. The van der Waals surface area contributed by atoms with Crippen molar-refractivity contribution >= 4 is 29.2 Å². The van der Waals surface area contributed by atoms with Gasteiger partial charge in [0, 0.05) is 23.9 Å². The van der Waals surface area contributed by atoms with E-state index in [9.17, 15) is 19.5 Å². The highest BCUT2D eigenvalue weighted by atomic mass is 16.4. The van der Waals surface area contributed by atoms with Gasteiger partial charge in [-0.05, 0) is 18.2 Å². The molecule has 1 aliphatic rings. The summed E-state index contributed by atoms with van der Waals surface area (Å²) in [5.41, 5.74) is -1.25. The van der Waals surface area contributed by atoms with Crippen LogP contribution in [0.25, 0.3) is 0 Å². The summed E-state index contributed by atoms with van der Waals surface area (Å²) in [6.07, 6.45) is -0.741. The van der Waals surface area contributed by atoms with Crippen molar-refractivity contribution in [1.29, 1.82) is 0 Å². The Morgan fingerprint density at radius 1 is 1.42 bits per heavy atom. The van der Waals surface area contributed by atoms with Gasteiger partial charge in [0.05, 0.1) is 6.42 Å². The van der Waals surface area contributed by atoms with Crippen molar-refractivity contribution in [2.75, 3.05) is 10.6 Å². The molecular formula is C12H12N2O5. The smallest absolute Gasteiger partial charge is 0.307 e. The fourth-order valence-corrected chi connectivity index (χ4v) is 2.02. The van der Waals surface area contributed by atoms with Crippen LogP contribution in [0, 0.1) is 0 Å². The van der Waals surface area contributed by atoms with Gasteiger partial charge in [0.1, 0.15) is 0 Å². The summed E-state index contributed by atoms with van der Waals surface area (Å²) in [5.74, 6) is -2.39. The topological polar surface area (TPSA) is 116 Å². The van der Waals surface area contributed by atoms with E-state index < -0.39 is 23.9 Å². The third-order valence-electron chi connectivity index (χ3n) is 2.82. The molecule has 1 aromatic carbocycles. The maximum absolute atomic E-state index is 11.7. The summed E-state index contributed by atoms with van der Waals surface area (Å²) in [7, 11) is 0. The molecule has 1 atom stereocenters. The number of fused-ring (bicyclic) bond motifs is 1. The molecule has 0 aromatic heterocycles. The van der Waals surface area contributed by atoms with E-state index in [0.29, 0.717) is 11.4 Å². The molecule has 1 aromatic rings. The number of benzene rings is 1. The predicted octanol–water partition coefficient (Wildman–Crippen LogP) is 0.259. The van der Waals surface area contributed by atoms with Gasteiger partial charge in [-0.25, -0.2) is 0 Å². The summed E-state index contributed by atoms with van der Waals surface area (Å²) < 4.78 is 0. The van der Waals surface area contributed by atoms with Crippen LogP contribution in [0.3, 0.4) is 0 Å². The maximum Gasteiger partial charge on any atom is 0.307 e. The van der Waals surface area contributed by atoms with Crippen LogP contribution in [0.2, 0.25) is 0 Å². The van der Waals surface area contributed by atoms with E-state index in [0.717, 1.165) is 0 Å². The first-order valence-corrected chi connectivity index (χ1v) is 5.50. The number of carbonyl (C=O) groups is 3. The molecule has 7 nitrogen and oxygen atoms in total. The molecule has 100 valence electrons. The minimum Gasteiger partial charge on any atom is -0.481 e. The first-order chi connectivity index (χ1) is 8.83. The molecular weight excluding hydrogens is 252 g/mol. The van der Waals surface area contributed by atoms with Crippen molar-refractivity contribution in [3.8, 4) is 0 Å². The molecule has 1 aliphatic heterocycles. The minimum absolute atomic E-state index is 0.145. The fraction of sp³-hybridized carbons (Fsp3) is 0.250. The van der Waals surface area contributed by atoms with E-state index in [1.54, 1.807) is 6.07 Å². The molecule has 0 radical (unpaired) electrons. The summed E-state index contributed by atoms with van der Waals surface area (Å²) in [6, 6.07) is 4.43. The standard InChI is InChI=1S/C12H12N2O5/c1-6(15)13-7-2-3-9-8(4-7)12(19,5-10(16)17)11(18)14-9/h2-4,19H,5H2,1H3,(H,13,15)(H,14,18)(H,16,17). The third kappa shape index (κ3) is 2.27. The number of anilines is 2. The van der Waals surface area contributed by atoms with Crippen LogP contribution in [-0.4, -0.2) is 28.0 Å². The van der Waals surface area contributed by atoms with Crippen LogP contribution in [-0.2, 0) is 20.0 Å². The lowest BCUT2D eigenvalue weighted by Crippen LogP contribution is -2.36. The van der Waals surface area contributed by atoms with E-state index in [4.69, 9.17) is 5.11 Å². The monoisotopic (exact) mass is 264 g/mol. The largest absolute Gasteiger partial charge is 0.481 e. The van der Waals surface area contributed by atoms with Crippen LogP contribution in [0.4, 0.5) is 11.4 Å². The second kappa shape index (κ2) is 4.36. The Labute approximate surface area is 108 Å².